The third kappa shape index (κ3) is 3.05. The second-order valence-corrected chi connectivity index (χ2v) is 4.57. The van der Waals surface area contributed by atoms with Crippen LogP contribution in [0.5, 0.6) is 5.75 Å². The SMILES string of the molecule is Cc1nnc([C@@H](C)Oc2cc(Br)cnc2[N+](=O)[O-])o1. The minimum Gasteiger partial charge on any atom is -0.473 e. The summed E-state index contributed by atoms with van der Waals surface area (Å²) in [7, 11) is 0. The summed E-state index contributed by atoms with van der Waals surface area (Å²) in [6, 6.07) is 1.46. The number of aromatic nitrogens is 3. The van der Waals surface area contributed by atoms with E-state index in [1.165, 1.54) is 12.3 Å². The molecule has 2 aromatic heterocycles. The van der Waals surface area contributed by atoms with Crippen LogP contribution in [0.25, 0.3) is 0 Å². The molecule has 8 nitrogen and oxygen atoms in total. The Hall–Kier alpha value is -2.03. The molecule has 2 rings (SSSR count). The van der Waals surface area contributed by atoms with Gasteiger partial charge in [-0.25, -0.2) is 0 Å². The monoisotopic (exact) mass is 328 g/mol. The van der Waals surface area contributed by atoms with Crippen LogP contribution in [0.3, 0.4) is 0 Å². The lowest BCUT2D eigenvalue weighted by Crippen LogP contribution is -2.06. The summed E-state index contributed by atoms with van der Waals surface area (Å²) in [5.74, 6) is 0.299. The lowest BCUT2D eigenvalue weighted by Gasteiger charge is -2.10. The van der Waals surface area contributed by atoms with Gasteiger partial charge < -0.3 is 19.3 Å². The first-order valence-electron chi connectivity index (χ1n) is 5.24. The van der Waals surface area contributed by atoms with Crippen molar-refractivity contribution in [2.75, 3.05) is 0 Å². The second kappa shape index (κ2) is 5.31. The standard InChI is InChI=1S/C10H9BrN4O4/c1-5(10-14-13-6(2)19-10)18-8-3-7(11)4-12-9(8)15(16)17/h3-5H,1-2H3/t5-/m1/s1. The summed E-state index contributed by atoms with van der Waals surface area (Å²) in [5.41, 5.74) is 0. The maximum atomic E-state index is 10.9. The third-order valence-corrected chi connectivity index (χ3v) is 2.60. The van der Waals surface area contributed by atoms with Gasteiger partial charge in [-0.1, -0.05) is 0 Å². The quantitative estimate of drug-likeness (QED) is 0.627. The zero-order valence-corrected chi connectivity index (χ0v) is 11.6. The Bertz CT molecular complexity index is 615. The third-order valence-electron chi connectivity index (χ3n) is 2.17. The Morgan fingerprint density at radius 3 is 2.84 bits per heavy atom. The Balaban J connectivity index is 2.27. The molecule has 9 heteroatoms. The van der Waals surface area contributed by atoms with Gasteiger partial charge in [0, 0.05) is 13.0 Å². The molecule has 0 bridgehead atoms. The second-order valence-electron chi connectivity index (χ2n) is 3.65. The van der Waals surface area contributed by atoms with Crippen LogP contribution >= 0.6 is 15.9 Å². The maximum Gasteiger partial charge on any atom is 0.406 e. The van der Waals surface area contributed by atoms with Crippen molar-refractivity contribution >= 4 is 21.7 Å². The predicted molar refractivity (Wildman–Crippen MR) is 66.7 cm³/mol. The number of nitro groups is 1. The van der Waals surface area contributed by atoms with Gasteiger partial charge in [0.05, 0.1) is 4.47 Å². The summed E-state index contributed by atoms with van der Waals surface area (Å²) in [4.78, 5) is 13.9. The molecule has 0 aliphatic heterocycles. The Morgan fingerprint density at radius 2 is 2.26 bits per heavy atom. The van der Waals surface area contributed by atoms with E-state index in [9.17, 15) is 10.1 Å². The van der Waals surface area contributed by atoms with Crippen LogP contribution in [-0.2, 0) is 0 Å². The molecule has 0 saturated carbocycles. The lowest BCUT2D eigenvalue weighted by molar-refractivity contribution is -0.390. The molecule has 0 radical (unpaired) electrons. The van der Waals surface area contributed by atoms with Crippen LogP contribution in [0.4, 0.5) is 5.82 Å². The smallest absolute Gasteiger partial charge is 0.406 e. The number of ether oxygens (including phenoxy) is 1. The Kier molecular flexibility index (Phi) is 3.74. The van der Waals surface area contributed by atoms with E-state index in [0.717, 1.165) is 0 Å². The Labute approximate surface area is 116 Å². The topological polar surface area (TPSA) is 104 Å². The van der Waals surface area contributed by atoms with E-state index in [2.05, 4.69) is 31.1 Å². The zero-order valence-electron chi connectivity index (χ0n) is 10.0. The molecule has 0 N–H and O–H groups in total. The molecule has 0 saturated heterocycles. The minimum atomic E-state index is -0.618. The van der Waals surface area contributed by atoms with E-state index in [4.69, 9.17) is 9.15 Å². The summed E-state index contributed by atoms with van der Waals surface area (Å²) in [6.45, 7) is 3.30. The van der Waals surface area contributed by atoms with Crippen LogP contribution in [-0.4, -0.2) is 20.1 Å². The van der Waals surface area contributed by atoms with Gasteiger partial charge in [0.2, 0.25) is 11.6 Å². The van der Waals surface area contributed by atoms with E-state index < -0.39 is 11.0 Å². The van der Waals surface area contributed by atoms with E-state index in [1.54, 1.807) is 13.8 Å². The van der Waals surface area contributed by atoms with E-state index in [-0.39, 0.29) is 17.5 Å². The molecule has 100 valence electrons. The molecule has 0 unspecified atom stereocenters. The molecule has 0 spiro atoms. The van der Waals surface area contributed by atoms with Gasteiger partial charge in [-0.2, -0.15) is 0 Å². The molecular formula is C10H9BrN4O4. The summed E-state index contributed by atoms with van der Waals surface area (Å²) in [5, 5.41) is 18.3. The van der Waals surface area contributed by atoms with Gasteiger partial charge in [-0.05, 0) is 32.8 Å². The van der Waals surface area contributed by atoms with E-state index in [1.807, 2.05) is 0 Å². The van der Waals surface area contributed by atoms with Gasteiger partial charge in [0.15, 0.2) is 12.3 Å². The number of rotatable bonds is 4. The fourth-order valence-electron chi connectivity index (χ4n) is 1.35. The van der Waals surface area contributed by atoms with Crippen molar-refractivity contribution in [3.63, 3.8) is 0 Å². The first kappa shape index (κ1) is 13.4. The number of halogens is 1. The number of hydrogen-bond acceptors (Lipinski definition) is 7. The van der Waals surface area contributed by atoms with Crippen molar-refractivity contribution in [3.8, 4) is 5.75 Å². The van der Waals surface area contributed by atoms with E-state index in [0.29, 0.717) is 10.4 Å². The van der Waals surface area contributed by atoms with Crippen LogP contribution in [0.2, 0.25) is 0 Å². The number of pyridine rings is 1. The molecular weight excluding hydrogens is 320 g/mol. The summed E-state index contributed by atoms with van der Waals surface area (Å²) in [6.07, 6.45) is 0.711. The van der Waals surface area contributed by atoms with Crippen molar-refractivity contribution in [2.45, 2.75) is 20.0 Å². The molecule has 2 aromatic rings. The average molecular weight is 329 g/mol. The molecule has 0 aliphatic carbocycles. The first-order valence-corrected chi connectivity index (χ1v) is 6.03. The fraction of sp³-hybridized carbons (Fsp3) is 0.300. The number of hydrogen-bond donors (Lipinski definition) is 0. The highest BCUT2D eigenvalue weighted by Gasteiger charge is 2.22. The van der Waals surface area contributed by atoms with Crippen molar-refractivity contribution < 1.29 is 14.1 Å². The highest BCUT2D eigenvalue weighted by molar-refractivity contribution is 9.10. The molecule has 0 aromatic carbocycles. The van der Waals surface area contributed by atoms with Crippen molar-refractivity contribution in [1.82, 2.24) is 15.2 Å². The highest BCUT2D eigenvalue weighted by Crippen LogP contribution is 2.31. The first-order chi connectivity index (χ1) is 8.97. The maximum absolute atomic E-state index is 10.9. The predicted octanol–water partition coefficient (Wildman–Crippen LogP) is 2.58. The molecule has 1 atom stereocenters. The molecule has 19 heavy (non-hydrogen) atoms. The van der Waals surface area contributed by atoms with Gasteiger partial charge >= 0.3 is 5.82 Å². The van der Waals surface area contributed by atoms with Crippen molar-refractivity contribution in [3.05, 3.63) is 38.6 Å². The summed E-state index contributed by atoms with van der Waals surface area (Å²) >= 11 is 3.18. The van der Waals surface area contributed by atoms with Crippen LogP contribution in [0.15, 0.2) is 21.2 Å². The largest absolute Gasteiger partial charge is 0.473 e. The number of aryl methyl sites for hydroxylation is 1. The Morgan fingerprint density at radius 1 is 1.53 bits per heavy atom. The molecule has 0 aliphatic rings. The molecule has 0 fully saturated rings. The number of nitrogens with zero attached hydrogens (tertiary/aromatic N) is 4. The van der Waals surface area contributed by atoms with Gasteiger partial charge in [0.1, 0.15) is 0 Å². The van der Waals surface area contributed by atoms with Crippen molar-refractivity contribution in [1.29, 1.82) is 0 Å². The van der Waals surface area contributed by atoms with Crippen molar-refractivity contribution in [2.24, 2.45) is 0 Å². The average Bonchev–Trinajstić information content (AvgIpc) is 2.75. The molecule has 2 heterocycles. The zero-order chi connectivity index (χ0) is 14.0. The normalized spacial score (nSPS) is 12.2. The minimum absolute atomic E-state index is 0.0303. The van der Waals surface area contributed by atoms with Crippen LogP contribution in [0.1, 0.15) is 24.8 Å². The van der Waals surface area contributed by atoms with Crippen LogP contribution < -0.4 is 4.74 Å². The highest BCUT2D eigenvalue weighted by atomic mass is 79.9. The van der Waals surface area contributed by atoms with Gasteiger partial charge in [0.25, 0.3) is 5.89 Å². The molecule has 0 amide bonds. The summed E-state index contributed by atoms with van der Waals surface area (Å²) < 4.78 is 11.2. The van der Waals surface area contributed by atoms with E-state index >= 15 is 0 Å². The van der Waals surface area contributed by atoms with Gasteiger partial charge in [-0.15, -0.1) is 10.2 Å². The lowest BCUT2D eigenvalue weighted by atomic mass is 10.4. The van der Waals surface area contributed by atoms with Crippen LogP contribution in [0, 0.1) is 17.0 Å². The fourth-order valence-corrected chi connectivity index (χ4v) is 1.66. The van der Waals surface area contributed by atoms with Gasteiger partial charge in [-0.3, -0.25) is 0 Å².